The summed E-state index contributed by atoms with van der Waals surface area (Å²) in [6.07, 6.45) is 3.50. The number of para-hydroxylation sites is 1. The standard InChI is InChI=1S/C12H16N2O/c15-12(14-9-5-2-6-10-14)13-11-7-3-1-4-8-11/h1,3-4,7-8H,2,5-6,9-10H2,(H,13,15). The van der Waals surface area contributed by atoms with E-state index < -0.39 is 0 Å². The Bertz CT molecular complexity index is 318. The van der Waals surface area contributed by atoms with E-state index in [4.69, 9.17) is 0 Å². The maximum Gasteiger partial charge on any atom is 0.321 e. The Morgan fingerprint density at radius 1 is 1.07 bits per heavy atom. The molecule has 80 valence electrons. The summed E-state index contributed by atoms with van der Waals surface area (Å²) in [6.45, 7) is 1.78. The normalized spacial score (nSPS) is 16.1. The Hall–Kier alpha value is -1.51. The predicted octanol–water partition coefficient (Wildman–Crippen LogP) is 2.70. The Kier molecular flexibility index (Phi) is 3.22. The number of anilines is 1. The molecule has 0 unspecified atom stereocenters. The van der Waals surface area contributed by atoms with Crippen LogP contribution in [0.4, 0.5) is 10.5 Å². The first-order valence-electron chi connectivity index (χ1n) is 5.47. The molecular weight excluding hydrogens is 188 g/mol. The summed E-state index contributed by atoms with van der Waals surface area (Å²) in [7, 11) is 0. The summed E-state index contributed by atoms with van der Waals surface area (Å²) in [5, 5.41) is 2.90. The second-order valence-electron chi connectivity index (χ2n) is 3.84. The number of rotatable bonds is 1. The van der Waals surface area contributed by atoms with Gasteiger partial charge < -0.3 is 10.2 Å². The largest absolute Gasteiger partial charge is 0.325 e. The first-order valence-corrected chi connectivity index (χ1v) is 5.47. The number of hydrogen-bond acceptors (Lipinski definition) is 1. The molecular formula is C12H16N2O. The topological polar surface area (TPSA) is 32.3 Å². The van der Waals surface area contributed by atoms with Crippen molar-refractivity contribution < 1.29 is 4.79 Å². The number of carbonyl (C=O) groups is 1. The summed E-state index contributed by atoms with van der Waals surface area (Å²) in [6, 6.07) is 9.62. The van der Waals surface area contributed by atoms with Crippen LogP contribution in [0.25, 0.3) is 0 Å². The zero-order chi connectivity index (χ0) is 10.5. The lowest BCUT2D eigenvalue weighted by Gasteiger charge is -2.26. The highest BCUT2D eigenvalue weighted by atomic mass is 16.2. The zero-order valence-electron chi connectivity index (χ0n) is 8.78. The van der Waals surface area contributed by atoms with Gasteiger partial charge in [0.05, 0.1) is 0 Å². The Balaban J connectivity index is 1.91. The summed E-state index contributed by atoms with van der Waals surface area (Å²) in [4.78, 5) is 13.7. The van der Waals surface area contributed by atoms with Gasteiger partial charge in [0.2, 0.25) is 0 Å². The number of urea groups is 1. The third kappa shape index (κ3) is 2.72. The van der Waals surface area contributed by atoms with Gasteiger partial charge >= 0.3 is 6.03 Å². The molecule has 1 aliphatic rings. The Labute approximate surface area is 90.1 Å². The lowest BCUT2D eigenvalue weighted by atomic mass is 10.1. The number of hydrogen-bond donors (Lipinski definition) is 1. The van der Waals surface area contributed by atoms with Gasteiger partial charge in [0.25, 0.3) is 0 Å². The maximum absolute atomic E-state index is 11.8. The van der Waals surface area contributed by atoms with Gasteiger partial charge in [0.15, 0.2) is 0 Å². The van der Waals surface area contributed by atoms with E-state index in [1.165, 1.54) is 6.42 Å². The molecule has 0 atom stereocenters. The smallest absolute Gasteiger partial charge is 0.321 e. The third-order valence-electron chi connectivity index (χ3n) is 2.67. The maximum atomic E-state index is 11.8. The molecule has 1 aromatic carbocycles. The van der Waals surface area contributed by atoms with Crippen LogP contribution in [0.1, 0.15) is 19.3 Å². The molecule has 2 rings (SSSR count). The second-order valence-corrected chi connectivity index (χ2v) is 3.84. The molecule has 3 nitrogen and oxygen atoms in total. The predicted molar refractivity (Wildman–Crippen MR) is 60.9 cm³/mol. The van der Waals surface area contributed by atoms with Crippen molar-refractivity contribution >= 4 is 11.7 Å². The van der Waals surface area contributed by atoms with Crippen molar-refractivity contribution in [3.63, 3.8) is 0 Å². The molecule has 0 bridgehead atoms. The van der Waals surface area contributed by atoms with E-state index in [2.05, 4.69) is 5.32 Å². The van der Waals surface area contributed by atoms with Crippen LogP contribution in [0.5, 0.6) is 0 Å². The second kappa shape index (κ2) is 4.82. The highest BCUT2D eigenvalue weighted by Crippen LogP contribution is 2.11. The van der Waals surface area contributed by atoms with Gasteiger partial charge in [-0.1, -0.05) is 18.2 Å². The van der Waals surface area contributed by atoms with Gasteiger partial charge in [0, 0.05) is 18.8 Å². The Morgan fingerprint density at radius 2 is 1.73 bits per heavy atom. The van der Waals surface area contributed by atoms with Crippen LogP contribution >= 0.6 is 0 Å². The van der Waals surface area contributed by atoms with Crippen molar-refractivity contribution in [3.8, 4) is 0 Å². The first kappa shape index (κ1) is 10.0. The average molecular weight is 204 g/mol. The molecule has 1 N–H and O–H groups in total. The third-order valence-corrected chi connectivity index (χ3v) is 2.67. The molecule has 15 heavy (non-hydrogen) atoms. The number of nitrogens with one attached hydrogen (secondary N) is 1. The van der Waals surface area contributed by atoms with Gasteiger partial charge in [0.1, 0.15) is 0 Å². The van der Waals surface area contributed by atoms with Crippen molar-refractivity contribution in [2.24, 2.45) is 0 Å². The van der Waals surface area contributed by atoms with Crippen molar-refractivity contribution in [2.75, 3.05) is 18.4 Å². The molecule has 0 aromatic heterocycles. The fourth-order valence-corrected chi connectivity index (χ4v) is 1.82. The molecule has 3 heteroatoms. The van der Waals surface area contributed by atoms with Crippen LogP contribution in [-0.2, 0) is 0 Å². The molecule has 0 radical (unpaired) electrons. The average Bonchev–Trinajstić information content (AvgIpc) is 2.31. The zero-order valence-corrected chi connectivity index (χ0v) is 8.78. The van der Waals surface area contributed by atoms with Crippen molar-refractivity contribution in [3.05, 3.63) is 30.3 Å². The summed E-state index contributed by atoms with van der Waals surface area (Å²) in [5.41, 5.74) is 0.869. The van der Waals surface area contributed by atoms with Crippen molar-refractivity contribution in [1.29, 1.82) is 0 Å². The number of benzene rings is 1. The van der Waals surface area contributed by atoms with Gasteiger partial charge in [-0.15, -0.1) is 0 Å². The van der Waals surface area contributed by atoms with E-state index in [1.54, 1.807) is 0 Å². The van der Waals surface area contributed by atoms with E-state index in [1.807, 2.05) is 35.2 Å². The molecule has 0 saturated carbocycles. The van der Waals surface area contributed by atoms with Crippen LogP contribution in [0.3, 0.4) is 0 Å². The SMILES string of the molecule is O=C(Nc1ccccc1)N1CCCCC1. The Morgan fingerprint density at radius 3 is 2.40 bits per heavy atom. The van der Waals surface area contributed by atoms with Gasteiger partial charge in [-0.05, 0) is 31.4 Å². The fourth-order valence-electron chi connectivity index (χ4n) is 1.82. The van der Waals surface area contributed by atoms with Crippen LogP contribution < -0.4 is 5.32 Å². The van der Waals surface area contributed by atoms with Crippen LogP contribution in [-0.4, -0.2) is 24.0 Å². The van der Waals surface area contributed by atoms with Crippen LogP contribution in [0, 0.1) is 0 Å². The molecule has 1 heterocycles. The first-order chi connectivity index (χ1) is 7.36. The van der Waals surface area contributed by atoms with Crippen molar-refractivity contribution in [2.45, 2.75) is 19.3 Å². The van der Waals surface area contributed by atoms with E-state index in [9.17, 15) is 4.79 Å². The number of carbonyl (C=O) groups excluding carboxylic acids is 1. The quantitative estimate of drug-likeness (QED) is 0.749. The summed E-state index contributed by atoms with van der Waals surface area (Å²) < 4.78 is 0. The monoisotopic (exact) mass is 204 g/mol. The van der Waals surface area contributed by atoms with Gasteiger partial charge in [-0.3, -0.25) is 0 Å². The molecule has 1 aliphatic heterocycles. The van der Waals surface area contributed by atoms with Gasteiger partial charge in [-0.25, -0.2) is 4.79 Å². The van der Waals surface area contributed by atoms with Crippen LogP contribution in [0.2, 0.25) is 0 Å². The van der Waals surface area contributed by atoms with E-state index in [0.29, 0.717) is 0 Å². The highest BCUT2D eigenvalue weighted by Gasteiger charge is 2.15. The lowest BCUT2D eigenvalue weighted by Crippen LogP contribution is -2.38. The molecule has 1 fully saturated rings. The lowest BCUT2D eigenvalue weighted by molar-refractivity contribution is 0.200. The number of piperidine rings is 1. The van der Waals surface area contributed by atoms with E-state index in [-0.39, 0.29) is 6.03 Å². The minimum Gasteiger partial charge on any atom is -0.325 e. The highest BCUT2D eigenvalue weighted by molar-refractivity contribution is 5.89. The van der Waals surface area contributed by atoms with Gasteiger partial charge in [-0.2, -0.15) is 0 Å². The number of likely N-dealkylation sites (tertiary alicyclic amines) is 1. The molecule has 0 aliphatic carbocycles. The molecule has 0 spiro atoms. The van der Waals surface area contributed by atoms with E-state index in [0.717, 1.165) is 31.6 Å². The fraction of sp³-hybridized carbons (Fsp3) is 0.417. The summed E-state index contributed by atoms with van der Waals surface area (Å²) in [5.74, 6) is 0. The van der Waals surface area contributed by atoms with Crippen molar-refractivity contribution in [1.82, 2.24) is 4.90 Å². The number of nitrogens with zero attached hydrogens (tertiary/aromatic N) is 1. The minimum atomic E-state index is 0.0286. The minimum absolute atomic E-state index is 0.0286. The summed E-state index contributed by atoms with van der Waals surface area (Å²) >= 11 is 0. The molecule has 1 saturated heterocycles. The van der Waals surface area contributed by atoms with E-state index >= 15 is 0 Å². The molecule has 1 aromatic rings. The number of amides is 2. The molecule has 2 amide bonds. The van der Waals surface area contributed by atoms with Crippen LogP contribution in [0.15, 0.2) is 30.3 Å².